The van der Waals surface area contributed by atoms with E-state index < -0.39 is 42.0 Å². The molecule has 260 valence electrons. The van der Waals surface area contributed by atoms with E-state index in [2.05, 4.69) is 25.9 Å². The molecule has 49 heavy (non-hydrogen) atoms. The van der Waals surface area contributed by atoms with E-state index in [0.717, 1.165) is 22.0 Å². The Morgan fingerprint density at radius 2 is 1.86 bits per heavy atom. The molecule has 4 aromatic rings. The van der Waals surface area contributed by atoms with Gasteiger partial charge in [-0.1, -0.05) is 59.2 Å². The topological polar surface area (TPSA) is 165 Å². The van der Waals surface area contributed by atoms with Gasteiger partial charge in [-0.05, 0) is 73.7 Å². The van der Waals surface area contributed by atoms with Crippen LogP contribution in [-0.4, -0.2) is 75.5 Å². The minimum Gasteiger partial charge on any atom is -0.391 e. The number of para-hydroxylation sites is 1. The van der Waals surface area contributed by atoms with Gasteiger partial charge in [0.05, 0.1) is 11.1 Å². The monoisotopic (exact) mass is 725 g/mol. The molecule has 5 rings (SSSR count). The lowest BCUT2D eigenvalue weighted by molar-refractivity contribution is -0.142. The normalized spacial score (nSPS) is 20.2. The van der Waals surface area contributed by atoms with Crippen LogP contribution in [0.4, 0.5) is 0 Å². The molecule has 3 heterocycles. The quantitative estimate of drug-likeness (QED) is 0.155. The van der Waals surface area contributed by atoms with E-state index in [4.69, 9.17) is 28.9 Å². The second-order valence-electron chi connectivity index (χ2n) is 12.1. The Labute approximate surface area is 299 Å². The second kappa shape index (κ2) is 16.8. The van der Waals surface area contributed by atoms with Crippen LogP contribution in [0, 0.1) is 0 Å². The molecule has 7 N–H and O–H groups in total. The number of nitrogens with zero attached hydrogens (tertiary/aromatic N) is 2. The summed E-state index contributed by atoms with van der Waals surface area (Å²) in [4.78, 5) is 52.1. The molecule has 0 radical (unpaired) electrons. The van der Waals surface area contributed by atoms with E-state index >= 15 is 0 Å². The molecular formula is C35H41Cl2N7O4S. The number of H-pyrrole nitrogens is 1. The molecule has 4 atom stereocenters. The van der Waals surface area contributed by atoms with Crippen LogP contribution >= 0.6 is 35.0 Å². The first-order valence-corrected chi connectivity index (χ1v) is 17.8. The zero-order chi connectivity index (χ0) is 35.1. The third-order valence-corrected chi connectivity index (χ3v) is 10.5. The highest BCUT2D eigenvalue weighted by atomic mass is 35.5. The van der Waals surface area contributed by atoms with Gasteiger partial charge in [0.15, 0.2) is 0 Å². The number of likely N-dealkylation sites (N-methyl/N-ethyl adjacent to an activating group) is 1. The van der Waals surface area contributed by atoms with Crippen molar-refractivity contribution in [1.82, 2.24) is 30.8 Å². The number of carbonyl (C=O) groups excluding carboxylic acids is 3. The summed E-state index contributed by atoms with van der Waals surface area (Å²) in [6.45, 7) is 2.20. The Bertz CT molecular complexity index is 1800. The summed E-state index contributed by atoms with van der Waals surface area (Å²) in [5.41, 5.74) is 8.94. The molecule has 0 saturated heterocycles. The predicted molar refractivity (Wildman–Crippen MR) is 192 cm³/mol. The molecule has 11 nitrogen and oxygen atoms in total. The van der Waals surface area contributed by atoms with Gasteiger partial charge >= 0.3 is 0 Å². The molecule has 0 saturated carbocycles. The number of nitrogens with one attached hydrogen (secondary N) is 4. The van der Waals surface area contributed by atoms with E-state index in [-0.39, 0.29) is 19.5 Å². The largest absolute Gasteiger partial charge is 0.391 e. The number of aliphatic hydroxyl groups excluding tert-OH is 1. The molecule has 2 aromatic heterocycles. The van der Waals surface area contributed by atoms with E-state index in [1.165, 1.54) is 23.6 Å². The summed E-state index contributed by atoms with van der Waals surface area (Å²) in [7, 11) is 1.57. The van der Waals surface area contributed by atoms with Crippen molar-refractivity contribution in [1.29, 1.82) is 0 Å². The van der Waals surface area contributed by atoms with Crippen molar-refractivity contribution in [2.45, 2.75) is 79.8 Å². The molecule has 0 bridgehead atoms. The first kappa shape index (κ1) is 36.6. The van der Waals surface area contributed by atoms with Gasteiger partial charge in [0.1, 0.15) is 23.2 Å². The molecule has 0 fully saturated rings. The van der Waals surface area contributed by atoms with Crippen molar-refractivity contribution in [3.63, 3.8) is 0 Å². The minimum absolute atomic E-state index is 0.0784. The fourth-order valence-electron chi connectivity index (χ4n) is 5.93. The first-order chi connectivity index (χ1) is 23.6. The van der Waals surface area contributed by atoms with Gasteiger partial charge in [-0.2, -0.15) is 0 Å². The number of rotatable bonds is 7. The molecule has 0 spiro atoms. The number of unbranched alkanes of at least 4 members (excludes halogenated alkanes) is 1. The maximum absolute atomic E-state index is 14.3. The third kappa shape index (κ3) is 8.94. The van der Waals surface area contributed by atoms with Gasteiger partial charge in [0.25, 0.3) is 0 Å². The summed E-state index contributed by atoms with van der Waals surface area (Å²) < 4.78 is 0. The lowest BCUT2D eigenvalue weighted by atomic mass is 10.0. The lowest BCUT2D eigenvalue weighted by Gasteiger charge is -2.32. The Morgan fingerprint density at radius 1 is 1.06 bits per heavy atom. The highest BCUT2D eigenvalue weighted by Gasteiger charge is 2.35. The van der Waals surface area contributed by atoms with Gasteiger partial charge < -0.3 is 31.4 Å². The number of pyridine rings is 1. The number of carbonyl (C=O) groups is 3. The fraction of sp³-hybridized carbons (Fsp3) is 0.371. The zero-order valence-corrected chi connectivity index (χ0v) is 29.7. The van der Waals surface area contributed by atoms with E-state index in [1.807, 2.05) is 36.5 Å². The molecule has 1 aliphatic rings. The van der Waals surface area contributed by atoms with Crippen LogP contribution in [0.5, 0.6) is 0 Å². The van der Waals surface area contributed by atoms with E-state index in [9.17, 15) is 19.5 Å². The van der Waals surface area contributed by atoms with Gasteiger partial charge in [0.2, 0.25) is 17.7 Å². The number of hydrogen-bond acceptors (Lipinski definition) is 8. The van der Waals surface area contributed by atoms with Crippen molar-refractivity contribution in [2.75, 3.05) is 13.6 Å². The van der Waals surface area contributed by atoms with Crippen molar-refractivity contribution >= 4 is 63.6 Å². The first-order valence-electron chi connectivity index (χ1n) is 16.2. The number of halogens is 2. The molecular weight excluding hydrogens is 685 g/mol. The average molecular weight is 727 g/mol. The van der Waals surface area contributed by atoms with Crippen LogP contribution in [0.1, 0.15) is 42.9 Å². The van der Waals surface area contributed by atoms with Crippen LogP contribution < -0.4 is 21.7 Å². The fourth-order valence-corrected chi connectivity index (χ4v) is 7.58. The van der Waals surface area contributed by atoms with Crippen LogP contribution in [-0.2, 0) is 33.9 Å². The number of aliphatic hydroxyl groups is 1. The van der Waals surface area contributed by atoms with Crippen LogP contribution in [0.2, 0.25) is 10.0 Å². The third-order valence-electron chi connectivity index (χ3n) is 8.63. The van der Waals surface area contributed by atoms with E-state index in [0.29, 0.717) is 51.3 Å². The van der Waals surface area contributed by atoms with Gasteiger partial charge in [-0.3, -0.25) is 19.7 Å². The Hall–Kier alpha value is -3.65. The maximum atomic E-state index is 14.3. The molecule has 0 aliphatic carbocycles. The van der Waals surface area contributed by atoms with Gasteiger partial charge in [0, 0.05) is 59.8 Å². The SMILES string of the molecule is CC(O)[C@@H]1NCc2cccnc2Sc2c(Cl)cc(Cl)cc2CNC(=O)[C@H](Cc2c[nH]c3ccccc23)N(C)C(=O)[C@H](CCCCN)NC1=O. The Kier molecular flexibility index (Phi) is 12.6. The standard InChI is InChI=1S/C35H41Cl2N7O4S/c1-20(45)30-33(47)43-28(11-5-6-12-38)35(48)44(2)29(15-22-18-40-27-10-4-3-9-25(22)27)32(46)42-19-23-14-24(36)16-26(37)31(23)49-34-21(17-41-30)8-7-13-39-34/h3-4,7-10,13-14,16,18,20,28-30,40-41,45H,5-6,11-12,15,17,19,38H2,1-2H3,(H,42,46)(H,43,47)/t20?,28-,29-,30-/m0/s1. The van der Waals surface area contributed by atoms with Gasteiger partial charge in [-0.15, -0.1) is 0 Å². The average Bonchev–Trinajstić information content (AvgIpc) is 3.49. The molecule has 1 aliphatic heterocycles. The van der Waals surface area contributed by atoms with Crippen molar-refractivity contribution in [2.24, 2.45) is 5.73 Å². The second-order valence-corrected chi connectivity index (χ2v) is 14.0. The van der Waals surface area contributed by atoms with Crippen molar-refractivity contribution in [3.8, 4) is 0 Å². The molecule has 3 amide bonds. The highest BCUT2D eigenvalue weighted by Crippen LogP contribution is 2.38. The van der Waals surface area contributed by atoms with Crippen molar-refractivity contribution < 1.29 is 19.5 Å². The number of fused-ring (bicyclic) bond motifs is 3. The molecule has 14 heteroatoms. The summed E-state index contributed by atoms with van der Waals surface area (Å²) in [6, 6.07) is 11.8. The number of amides is 3. The summed E-state index contributed by atoms with van der Waals surface area (Å²) >= 11 is 14.5. The summed E-state index contributed by atoms with van der Waals surface area (Å²) in [5, 5.41) is 22.1. The minimum atomic E-state index is -1.09. The van der Waals surface area contributed by atoms with Crippen LogP contribution in [0.15, 0.2) is 70.8 Å². The Morgan fingerprint density at radius 3 is 2.63 bits per heavy atom. The van der Waals surface area contributed by atoms with E-state index in [1.54, 1.807) is 31.4 Å². The summed E-state index contributed by atoms with van der Waals surface area (Å²) in [6.07, 6.45) is 4.12. The maximum Gasteiger partial charge on any atom is 0.245 e. The Balaban J connectivity index is 1.58. The lowest BCUT2D eigenvalue weighted by Crippen LogP contribution is -2.58. The van der Waals surface area contributed by atoms with Crippen LogP contribution in [0.3, 0.4) is 0 Å². The molecule has 2 aromatic carbocycles. The number of aromatic nitrogens is 2. The number of nitrogens with two attached hydrogens (primary N) is 1. The number of aromatic amines is 1. The number of benzene rings is 2. The number of hydrogen-bond donors (Lipinski definition) is 6. The van der Waals surface area contributed by atoms with Crippen molar-refractivity contribution in [3.05, 3.63) is 87.7 Å². The van der Waals surface area contributed by atoms with Gasteiger partial charge in [-0.25, -0.2) is 4.98 Å². The summed E-state index contributed by atoms with van der Waals surface area (Å²) in [5.74, 6) is -1.38. The zero-order valence-electron chi connectivity index (χ0n) is 27.3. The van der Waals surface area contributed by atoms with Crippen LogP contribution in [0.25, 0.3) is 10.9 Å². The molecule has 1 unspecified atom stereocenters. The smallest absolute Gasteiger partial charge is 0.245 e. The predicted octanol–water partition coefficient (Wildman–Crippen LogP) is 4.17. The highest BCUT2D eigenvalue weighted by molar-refractivity contribution is 7.99.